The van der Waals surface area contributed by atoms with E-state index in [0.29, 0.717) is 11.3 Å². The highest BCUT2D eigenvalue weighted by Gasteiger charge is 2.33. The molecule has 0 unspecified atom stereocenters. The van der Waals surface area contributed by atoms with Crippen molar-refractivity contribution < 1.29 is 0 Å². The minimum Gasteiger partial charge on any atom is -0.402 e. The lowest BCUT2D eigenvalue weighted by Crippen LogP contribution is -2.54. The molecule has 0 saturated heterocycles. The first-order valence-corrected chi connectivity index (χ1v) is 5.83. The van der Waals surface area contributed by atoms with E-state index in [0.717, 1.165) is 19.3 Å². The molecule has 0 aromatic carbocycles. The molecule has 0 spiro atoms. The van der Waals surface area contributed by atoms with Gasteiger partial charge in [0.1, 0.15) is 10.7 Å². The molecule has 1 saturated carbocycles. The molecule has 3 rings (SSSR count). The Kier molecular flexibility index (Phi) is 2.01. The summed E-state index contributed by atoms with van der Waals surface area (Å²) in [5.41, 5.74) is 6.47. The molecule has 2 atom stereocenters. The summed E-state index contributed by atoms with van der Waals surface area (Å²) in [6.45, 7) is 1.65. The van der Waals surface area contributed by atoms with Crippen LogP contribution >= 0.6 is 0 Å². The number of aromatic nitrogens is 2. The summed E-state index contributed by atoms with van der Waals surface area (Å²) in [5.74, 6) is 0. The van der Waals surface area contributed by atoms with Crippen LogP contribution in [0.5, 0.6) is 0 Å². The summed E-state index contributed by atoms with van der Waals surface area (Å²) < 4.78 is 1.82. The third-order valence-electron chi connectivity index (χ3n) is 3.62. The summed E-state index contributed by atoms with van der Waals surface area (Å²) >= 11 is 0. The van der Waals surface area contributed by atoms with E-state index in [2.05, 4.69) is 9.98 Å². The number of nitrogens with two attached hydrogens (primary N) is 1. The van der Waals surface area contributed by atoms with Crippen molar-refractivity contribution in [1.29, 1.82) is 5.41 Å². The second-order valence-corrected chi connectivity index (χ2v) is 4.75. The predicted molar refractivity (Wildman–Crippen MR) is 61.6 cm³/mol. The van der Waals surface area contributed by atoms with Gasteiger partial charge in [0.05, 0.1) is 12.1 Å². The number of nitrogens with zero attached hydrogens (tertiary/aromatic N) is 2. The van der Waals surface area contributed by atoms with Gasteiger partial charge in [-0.1, -0.05) is 0 Å². The van der Waals surface area contributed by atoms with Crippen LogP contribution in [0.1, 0.15) is 32.2 Å². The van der Waals surface area contributed by atoms with E-state index < -0.39 is 0 Å². The molecule has 6 heteroatoms. The normalized spacial score (nSPS) is 27.4. The zero-order valence-electron chi connectivity index (χ0n) is 9.66. The second-order valence-electron chi connectivity index (χ2n) is 4.75. The zero-order valence-corrected chi connectivity index (χ0v) is 9.66. The van der Waals surface area contributed by atoms with Crippen LogP contribution in [0.3, 0.4) is 0 Å². The first kappa shape index (κ1) is 10.3. The molecule has 1 aromatic rings. The fourth-order valence-corrected chi connectivity index (χ4v) is 2.87. The zero-order chi connectivity index (χ0) is 12.2. The van der Waals surface area contributed by atoms with E-state index in [1.165, 1.54) is 0 Å². The van der Waals surface area contributed by atoms with Gasteiger partial charge in [0, 0.05) is 5.70 Å². The van der Waals surface area contributed by atoms with Crippen molar-refractivity contribution >= 4 is 5.70 Å². The standard InChI is InChI=1S/C11H15N5O/c1-5(12)8-9(13)16-7-4-2-3-6(7)14-11(16)15-10(8)17/h6-7,13H,2-4,12H2,1H3,(H,14,15,17)/b8-5-,13-9?/t6-,7+/m1/s1. The van der Waals surface area contributed by atoms with Crippen LogP contribution in [0, 0.1) is 5.41 Å². The van der Waals surface area contributed by atoms with Gasteiger partial charge < -0.3 is 5.73 Å². The van der Waals surface area contributed by atoms with Gasteiger partial charge in [-0.15, -0.1) is 0 Å². The molecular formula is C11H15N5O. The lowest BCUT2D eigenvalue weighted by Gasteiger charge is -2.11. The number of hydrogen-bond donors (Lipinski definition) is 3. The van der Waals surface area contributed by atoms with Crippen LogP contribution in [0.2, 0.25) is 0 Å². The summed E-state index contributed by atoms with van der Waals surface area (Å²) in [5, 5.41) is 8.41. The van der Waals surface area contributed by atoms with Gasteiger partial charge in [0.25, 0.3) is 5.56 Å². The second kappa shape index (κ2) is 3.32. The van der Waals surface area contributed by atoms with Crippen LogP contribution in [0.15, 0.2) is 9.79 Å². The Labute approximate surface area is 97.0 Å². The summed E-state index contributed by atoms with van der Waals surface area (Å²) in [4.78, 5) is 19.0. The van der Waals surface area contributed by atoms with Crippen molar-refractivity contribution in [2.45, 2.75) is 38.3 Å². The van der Waals surface area contributed by atoms with Gasteiger partial charge in [0.15, 0.2) is 0 Å². The predicted octanol–water partition coefficient (Wildman–Crippen LogP) is -1.53. The summed E-state index contributed by atoms with van der Waals surface area (Å²) in [7, 11) is 0. The van der Waals surface area contributed by atoms with Crippen molar-refractivity contribution in [2.24, 2.45) is 10.7 Å². The van der Waals surface area contributed by atoms with E-state index in [1.807, 2.05) is 4.57 Å². The van der Waals surface area contributed by atoms with E-state index >= 15 is 0 Å². The van der Waals surface area contributed by atoms with Crippen LogP contribution in [-0.4, -0.2) is 15.6 Å². The minimum atomic E-state index is -0.315. The molecule has 0 bridgehead atoms. The van der Waals surface area contributed by atoms with Gasteiger partial charge in [0.2, 0.25) is 5.62 Å². The van der Waals surface area contributed by atoms with E-state index in [4.69, 9.17) is 11.1 Å². The van der Waals surface area contributed by atoms with Crippen molar-refractivity contribution in [1.82, 2.24) is 9.55 Å². The third kappa shape index (κ3) is 1.30. The third-order valence-corrected chi connectivity index (χ3v) is 3.62. The van der Waals surface area contributed by atoms with E-state index in [-0.39, 0.29) is 28.3 Å². The Balaban J connectivity index is 2.44. The van der Waals surface area contributed by atoms with E-state index in [9.17, 15) is 4.79 Å². The maximum absolute atomic E-state index is 11.8. The van der Waals surface area contributed by atoms with Crippen LogP contribution < -0.4 is 27.6 Å². The number of nitrogens with one attached hydrogen (secondary N) is 2. The average Bonchev–Trinajstić information content (AvgIpc) is 2.74. The van der Waals surface area contributed by atoms with Gasteiger partial charge in [-0.3, -0.25) is 19.8 Å². The SMILES string of the molecule is C/C(N)=c1/c(=O)[nH]c2n(c1=N)[C@H]1CCC[C@H]1N=2. The van der Waals surface area contributed by atoms with Crippen LogP contribution in [0.4, 0.5) is 0 Å². The maximum atomic E-state index is 11.8. The lowest BCUT2D eigenvalue weighted by atomic mass is 10.2. The first-order valence-electron chi connectivity index (χ1n) is 5.83. The molecule has 2 heterocycles. The van der Waals surface area contributed by atoms with E-state index in [1.54, 1.807) is 6.92 Å². The fraction of sp³-hybridized carbons (Fsp3) is 0.545. The number of rotatable bonds is 0. The Hall–Kier alpha value is -1.85. The quantitative estimate of drug-likeness (QED) is 0.506. The van der Waals surface area contributed by atoms with Gasteiger partial charge in [-0.25, -0.2) is 4.99 Å². The van der Waals surface area contributed by atoms with Crippen LogP contribution in [-0.2, 0) is 0 Å². The highest BCUT2D eigenvalue weighted by Crippen LogP contribution is 2.32. The molecule has 90 valence electrons. The maximum Gasteiger partial charge on any atom is 0.263 e. The fourth-order valence-electron chi connectivity index (χ4n) is 2.87. The average molecular weight is 233 g/mol. The molecule has 6 nitrogen and oxygen atoms in total. The first-order chi connectivity index (χ1) is 8.09. The smallest absolute Gasteiger partial charge is 0.263 e. The van der Waals surface area contributed by atoms with Gasteiger partial charge in [-0.05, 0) is 26.2 Å². The molecule has 17 heavy (non-hydrogen) atoms. The molecule has 1 aromatic heterocycles. The minimum absolute atomic E-state index is 0.196. The Morgan fingerprint density at radius 3 is 3.06 bits per heavy atom. The largest absolute Gasteiger partial charge is 0.402 e. The highest BCUT2D eigenvalue weighted by molar-refractivity contribution is 5.34. The number of hydrogen-bond acceptors (Lipinski definition) is 4. The number of fused-ring (bicyclic) bond motifs is 3. The Morgan fingerprint density at radius 2 is 2.35 bits per heavy atom. The topological polar surface area (TPSA) is 100 Å². The van der Waals surface area contributed by atoms with Crippen molar-refractivity contribution in [3.8, 4) is 0 Å². The molecule has 1 aliphatic carbocycles. The molecule has 2 aliphatic rings. The molecule has 4 N–H and O–H groups in total. The molecule has 1 aliphatic heterocycles. The highest BCUT2D eigenvalue weighted by atomic mass is 16.1. The molecule has 0 radical (unpaired) electrons. The number of H-pyrrole nitrogens is 1. The lowest BCUT2D eigenvalue weighted by molar-refractivity contribution is 0.475. The monoisotopic (exact) mass is 233 g/mol. The van der Waals surface area contributed by atoms with Crippen LogP contribution in [0.25, 0.3) is 5.70 Å². The van der Waals surface area contributed by atoms with Gasteiger partial charge in [-0.2, -0.15) is 0 Å². The number of aromatic amines is 1. The van der Waals surface area contributed by atoms with Crippen molar-refractivity contribution in [3.63, 3.8) is 0 Å². The van der Waals surface area contributed by atoms with Crippen molar-refractivity contribution in [2.75, 3.05) is 0 Å². The molecular weight excluding hydrogens is 218 g/mol. The Bertz CT molecular complexity index is 707. The molecule has 1 fully saturated rings. The van der Waals surface area contributed by atoms with Gasteiger partial charge >= 0.3 is 0 Å². The molecule has 0 amide bonds. The van der Waals surface area contributed by atoms with Crippen molar-refractivity contribution in [3.05, 3.63) is 26.7 Å². The summed E-state index contributed by atoms with van der Waals surface area (Å²) in [6.07, 6.45) is 3.19. The Morgan fingerprint density at radius 1 is 1.59 bits per heavy atom. The summed E-state index contributed by atoms with van der Waals surface area (Å²) in [6, 6.07) is 0.454.